The van der Waals surface area contributed by atoms with E-state index in [2.05, 4.69) is 32.1 Å². The van der Waals surface area contributed by atoms with E-state index >= 15 is 0 Å². The number of aromatic hydroxyl groups is 1. The van der Waals surface area contributed by atoms with Crippen LogP contribution in [0.15, 0.2) is 41.0 Å². The van der Waals surface area contributed by atoms with E-state index in [1.807, 2.05) is 6.92 Å². The molecule has 212 valence electrons. The van der Waals surface area contributed by atoms with Crippen molar-refractivity contribution < 1.29 is 39.8 Å². The van der Waals surface area contributed by atoms with Crippen LogP contribution in [0.2, 0.25) is 0 Å². The van der Waals surface area contributed by atoms with Crippen LogP contribution in [-0.4, -0.2) is 62.7 Å². The van der Waals surface area contributed by atoms with Gasteiger partial charge in [-0.1, -0.05) is 34.9 Å². The van der Waals surface area contributed by atoms with Gasteiger partial charge in [0.1, 0.15) is 29.8 Å². The summed E-state index contributed by atoms with van der Waals surface area (Å²) in [5, 5.41) is 49.3. The number of hydrogen-bond donors (Lipinski definition) is 5. The minimum atomic E-state index is -1.40. The lowest BCUT2D eigenvalue weighted by Crippen LogP contribution is -2.54. The SMILES string of the molecule is C/C(=C/Cc1cc(O[C@H]2OC[C@@H](O)[C@@H](O)[C@@H]2O)c(C)c(C)c1O)CC/C=C(\C)CC/C=C(\C)CCC(=O)O. The fraction of sp³-hybridized carbons (Fsp3) is 0.567. The summed E-state index contributed by atoms with van der Waals surface area (Å²) in [5.74, 6) is -0.128. The summed E-state index contributed by atoms with van der Waals surface area (Å²) in [6.45, 7) is 9.60. The minimum absolute atomic E-state index is 0.148. The summed E-state index contributed by atoms with van der Waals surface area (Å²) in [5.41, 5.74) is 5.67. The zero-order valence-electron chi connectivity index (χ0n) is 23.2. The first-order valence-electron chi connectivity index (χ1n) is 13.2. The molecule has 0 bridgehead atoms. The number of carboxylic acids is 1. The highest BCUT2D eigenvalue weighted by molar-refractivity contribution is 5.67. The Morgan fingerprint density at radius 1 is 0.921 bits per heavy atom. The molecule has 0 unspecified atom stereocenters. The molecule has 0 amide bonds. The second kappa shape index (κ2) is 15.1. The molecular formula is C30H44O8. The number of carbonyl (C=O) groups is 1. The third-order valence-corrected chi connectivity index (χ3v) is 7.06. The number of phenolic OH excluding ortho intramolecular Hbond substituents is 1. The van der Waals surface area contributed by atoms with Gasteiger partial charge in [-0.05, 0) is 90.3 Å². The monoisotopic (exact) mass is 532 g/mol. The predicted molar refractivity (Wildman–Crippen MR) is 146 cm³/mol. The number of aliphatic hydroxyl groups is 3. The number of carboxylic acid groups (broad SMARTS) is 1. The first kappa shape index (κ1) is 31.6. The van der Waals surface area contributed by atoms with Crippen LogP contribution < -0.4 is 4.74 Å². The Labute approximate surface area is 225 Å². The molecule has 8 heteroatoms. The molecule has 1 aromatic carbocycles. The van der Waals surface area contributed by atoms with Crippen molar-refractivity contribution in [1.82, 2.24) is 0 Å². The van der Waals surface area contributed by atoms with Crippen LogP contribution in [0, 0.1) is 13.8 Å². The first-order valence-corrected chi connectivity index (χ1v) is 13.2. The molecule has 0 spiro atoms. The molecule has 0 aliphatic carbocycles. The number of ether oxygens (including phenoxy) is 2. The van der Waals surface area contributed by atoms with Gasteiger partial charge in [-0.15, -0.1) is 0 Å². The van der Waals surface area contributed by atoms with Gasteiger partial charge < -0.3 is 35.0 Å². The largest absolute Gasteiger partial charge is 0.507 e. The van der Waals surface area contributed by atoms with Gasteiger partial charge in [-0.2, -0.15) is 0 Å². The molecule has 0 saturated carbocycles. The predicted octanol–water partition coefficient (Wildman–Crippen LogP) is 4.63. The van der Waals surface area contributed by atoms with E-state index in [9.17, 15) is 25.2 Å². The van der Waals surface area contributed by atoms with Gasteiger partial charge in [0.2, 0.25) is 6.29 Å². The smallest absolute Gasteiger partial charge is 0.303 e. The van der Waals surface area contributed by atoms with E-state index in [1.165, 1.54) is 11.1 Å². The highest BCUT2D eigenvalue weighted by Crippen LogP contribution is 2.35. The normalized spacial score (nSPS) is 23.0. The minimum Gasteiger partial charge on any atom is -0.507 e. The second-order valence-electron chi connectivity index (χ2n) is 10.3. The van der Waals surface area contributed by atoms with Gasteiger partial charge in [-0.25, -0.2) is 0 Å². The van der Waals surface area contributed by atoms with Gasteiger partial charge in [0.15, 0.2) is 0 Å². The molecule has 1 aliphatic rings. The fourth-order valence-corrected chi connectivity index (χ4v) is 4.21. The molecule has 1 aliphatic heterocycles. The summed E-state index contributed by atoms with van der Waals surface area (Å²) in [4.78, 5) is 10.7. The maximum Gasteiger partial charge on any atom is 0.303 e. The Morgan fingerprint density at radius 2 is 1.50 bits per heavy atom. The maximum atomic E-state index is 10.7. The number of benzene rings is 1. The summed E-state index contributed by atoms with van der Waals surface area (Å²) in [7, 11) is 0. The van der Waals surface area contributed by atoms with Crippen molar-refractivity contribution in [2.45, 2.75) is 104 Å². The third kappa shape index (κ3) is 9.58. The van der Waals surface area contributed by atoms with Crippen LogP contribution >= 0.6 is 0 Å². The quantitative estimate of drug-likeness (QED) is 0.232. The average Bonchev–Trinajstić information content (AvgIpc) is 2.87. The topological polar surface area (TPSA) is 137 Å². The van der Waals surface area contributed by atoms with E-state index in [0.717, 1.165) is 31.3 Å². The Bertz CT molecular complexity index is 1040. The molecule has 0 radical (unpaired) electrons. The first-order chi connectivity index (χ1) is 17.9. The Kier molecular flexibility index (Phi) is 12.5. The van der Waals surface area contributed by atoms with Gasteiger partial charge in [0, 0.05) is 12.0 Å². The number of hydrogen-bond acceptors (Lipinski definition) is 7. The van der Waals surface area contributed by atoms with Crippen molar-refractivity contribution in [2.24, 2.45) is 0 Å². The van der Waals surface area contributed by atoms with E-state index in [-0.39, 0.29) is 18.8 Å². The number of aliphatic carboxylic acids is 1. The molecule has 2 rings (SSSR count). The molecule has 1 heterocycles. The number of aliphatic hydroxyl groups excluding tert-OH is 3. The average molecular weight is 533 g/mol. The lowest BCUT2D eigenvalue weighted by Gasteiger charge is -2.35. The number of allylic oxidation sites excluding steroid dienone is 6. The fourth-order valence-electron chi connectivity index (χ4n) is 4.21. The molecule has 8 nitrogen and oxygen atoms in total. The Hall–Kier alpha value is -2.65. The van der Waals surface area contributed by atoms with Crippen LogP contribution in [0.4, 0.5) is 0 Å². The van der Waals surface area contributed by atoms with Crippen molar-refractivity contribution in [2.75, 3.05) is 6.61 Å². The van der Waals surface area contributed by atoms with Gasteiger partial charge in [-0.3, -0.25) is 4.79 Å². The summed E-state index contributed by atoms with van der Waals surface area (Å²) >= 11 is 0. The van der Waals surface area contributed by atoms with E-state index in [4.69, 9.17) is 14.6 Å². The lowest BCUT2D eigenvalue weighted by atomic mass is 9.99. The summed E-state index contributed by atoms with van der Waals surface area (Å²) < 4.78 is 11.2. The van der Waals surface area contributed by atoms with Crippen molar-refractivity contribution in [3.8, 4) is 11.5 Å². The molecule has 1 aromatic rings. The van der Waals surface area contributed by atoms with E-state index < -0.39 is 30.6 Å². The number of phenols is 1. The van der Waals surface area contributed by atoms with Gasteiger partial charge in [0.25, 0.3) is 0 Å². The standard InChI is InChI=1S/C30H44O8/c1-18(9-7-11-20(3)13-15-26(32)33)8-6-10-19(2)12-14-23-16-25(21(4)22(5)27(23)34)38-30-29(36)28(35)24(31)17-37-30/h8,11-12,16,24,28-31,34-36H,6-7,9-10,13-15,17H2,1-5H3,(H,32,33)/b18-8+,19-12-,20-11+/t24-,28-,29+,30-/m1/s1. The molecule has 38 heavy (non-hydrogen) atoms. The van der Waals surface area contributed by atoms with Crippen LogP contribution in [0.1, 0.15) is 76.0 Å². The third-order valence-electron chi connectivity index (χ3n) is 7.06. The van der Waals surface area contributed by atoms with Crippen molar-refractivity contribution in [1.29, 1.82) is 0 Å². The second-order valence-corrected chi connectivity index (χ2v) is 10.3. The molecule has 4 atom stereocenters. The molecular weight excluding hydrogens is 488 g/mol. The molecule has 1 saturated heterocycles. The van der Waals surface area contributed by atoms with Gasteiger partial charge in [0.05, 0.1) is 6.61 Å². The summed E-state index contributed by atoms with van der Waals surface area (Å²) in [6, 6.07) is 1.73. The zero-order valence-corrected chi connectivity index (χ0v) is 23.2. The number of rotatable bonds is 13. The summed E-state index contributed by atoms with van der Waals surface area (Å²) in [6.07, 6.45) is 6.30. The van der Waals surface area contributed by atoms with Crippen LogP contribution in [0.3, 0.4) is 0 Å². The lowest BCUT2D eigenvalue weighted by molar-refractivity contribution is -0.242. The highest BCUT2D eigenvalue weighted by atomic mass is 16.7. The van der Waals surface area contributed by atoms with Crippen LogP contribution in [0.25, 0.3) is 0 Å². The molecule has 1 fully saturated rings. The van der Waals surface area contributed by atoms with Crippen LogP contribution in [0.5, 0.6) is 11.5 Å². The Balaban J connectivity index is 1.94. The zero-order chi connectivity index (χ0) is 28.4. The highest BCUT2D eigenvalue weighted by Gasteiger charge is 2.39. The van der Waals surface area contributed by atoms with E-state index in [1.54, 1.807) is 19.9 Å². The Morgan fingerprint density at radius 3 is 2.11 bits per heavy atom. The van der Waals surface area contributed by atoms with Gasteiger partial charge >= 0.3 is 5.97 Å². The maximum absolute atomic E-state index is 10.7. The van der Waals surface area contributed by atoms with Crippen molar-refractivity contribution in [3.63, 3.8) is 0 Å². The van der Waals surface area contributed by atoms with Crippen molar-refractivity contribution in [3.05, 3.63) is 57.7 Å². The molecule has 0 aromatic heterocycles. The van der Waals surface area contributed by atoms with Crippen molar-refractivity contribution >= 4 is 5.97 Å². The van der Waals surface area contributed by atoms with Crippen LogP contribution in [-0.2, 0) is 16.0 Å². The van der Waals surface area contributed by atoms with E-state index in [0.29, 0.717) is 35.3 Å². The molecule has 5 N–H and O–H groups in total.